The minimum Gasteiger partial charge on any atom is -0.480 e. The van der Waals surface area contributed by atoms with E-state index in [1.807, 2.05) is 38.1 Å². The maximum Gasteiger partial charge on any atom is 0.339 e. The van der Waals surface area contributed by atoms with Crippen molar-refractivity contribution in [2.75, 3.05) is 0 Å². The van der Waals surface area contributed by atoms with Crippen LogP contribution in [0.2, 0.25) is 0 Å². The molecule has 3 N–H and O–H groups in total. The highest BCUT2D eigenvalue weighted by molar-refractivity contribution is 6.00. The Morgan fingerprint density at radius 1 is 1.03 bits per heavy atom. The van der Waals surface area contributed by atoms with E-state index in [4.69, 9.17) is 8.83 Å². The second kappa shape index (κ2) is 9.76. The number of furan rings is 1. The molecule has 0 spiro atoms. The first-order valence-electron chi connectivity index (χ1n) is 13.4. The van der Waals surface area contributed by atoms with Gasteiger partial charge in [0.2, 0.25) is 5.91 Å². The Bertz CT molecular complexity index is 1820. The van der Waals surface area contributed by atoms with Gasteiger partial charge in [-0.25, -0.2) is 9.59 Å². The third kappa shape index (κ3) is 4.39. The summed E-state index contributed by atoms with van der Waals surface area (Å²) in [6.45, 7) is 3.79. The molecule has 3 heterocycles. The number of H-pyrrole nitrogens is 1. The zero-order chi connectivity index (χ0) is 27.3. The molecule has 1 aliphatic carbocycles. The largest absolute Gasteiger partial charge is 0.480 e. The van der Waals surface area contributed by atoms with Crippen LogP contribution in [-0.4, -0.2) is 28.0 Å². The molecule has 0 fully saturated rings. The number of hydrogen-bond acceptors (Lipinski definition) is 5. The van der Waals surface area contributed by atoms with Crippen LogP contribution >= 0.6 is 0 Å². The standard InChI is InChI=1S/C31H30N2O6/c1-16-19(11-12-27(34)33-25(30(35)36)13-18-15-32-24-9-5-3-7-20(18)24)31(37)39-28-17(2)29-23(14-22(16)28)21-8-4-6-10-26(21)38-29/h3,5,7,9,14-15,25,32H,4,6,8,10-13H2,1-2H3,(H,33,34)(H,35,36). The third-order valence-corrected chi connectivity index (χ3v) is 8.06. The van der Waals surface area contributed by atoms with Crippen molar-refractivity contribution in [3.8, 4) is 0 Å². The summed E-state index contributed by atoms with van der Waals surface area (Å²) in [6, 6.07) is 8.58. The molecular formula is C31H30N2O6. The number of amides is 1. The first kappa shape index (κ1) is 25.0. The molecule has 200 valence electrons. The van der Waals surface area contributed by atoms with Crippen LogP contribution in [-0.2, 0) is 35.3 Å². The van der Waals surface area contributed by atoms with Crippen LogP contribution < -0.4 is 10.9 Å². The number of carboxylic acids is 1. The lowest BCUT2D eigenvalue weighted by atomic mass is 9.93. The van der Waals surface area contributed by atoms with E-state index in [0.717, 1.165) is 75.4 Å². The van der Waals surface area contributed by atoms with E-state index in [0.29, 0.717) is 11.1 Å². The maximum absolute atomic E-state index is 13.0. The fourth-order valence-corrected chi connectivity index (χ4v) is 5.93. The normalized spacial score (nSPS) is 14.1. The Morgan fingerprint density at radius 3 is 2.62 bits per heavy atom. The molecule has 0 saturated heterocycles. The van der Waals surface area contributed by atoms with Gasteiger partial charge in [0.25, 0.3) is 0 Å². The quantitative estimate of drug-likeness (QED) is 0.248. The zero-order valence-electron chi connectivity index (χ0n) is 22.0. The van der Waals surface area contributed by atoms with Gasteiger partial charge in [-0.2, -0.15) is 0 Å². The molecule has 8 heteroatoms. The van der Waals surface area contributed by atoms with Crippen molar-refractivity contribution in [2.24, 2.45) is 0 Å². The topological polar surface area (TPSA) is 126 Å². The van der Waals surface area contributed by atoms with E-state index in [9.17, 15) is 19.5 Å². The van der Waals surface area contributed by atoms with Gasteiger partial charge in [0.15, 0.2) is 0 Å². The average Bonchev–Trinajstić information content (AvgIpc) is 3.51. The fraction of sp³-hybridized carbons (Fsp3) is 0.323. The van der Waals surface area contributed by atoms with Crippen molar-refractivity contribution in [2.45, 2.75) is 64.8 Å². The Hall–Kier alpha value is -4.33. The molecule has 2 aromatic carbocycles. The molecule has 0 aliphatic heterocycles. The Kier molecular flexibility index (Phi) is 6.25. The SMILES string of the molecule is Cc1c(CCC(=O)NC(Cc2c[nH]c3ccccc23)C(=O)O)c(=O)oc2c(C)c3oc4c(c3cc12)CCCC4. The summed E-state index contributed by atoms with van der Waals surface area (Å²) < 4.78 is 11.9. The summed E-state index contributed by atoms with van der Waals surface area (Å²) in [5.41, 5.74) is 5.77. The van der Waals surface area contributed by atoms with Gasteiger partial charge in [-0.15, -0.1) is 0 Å². The number of benzene rings is 2. The summed E-state index contributed by atoms with van der Waals surface area (Å²) in [5, 5.41) is 15.2. The molecule has 5 aromatic rings. The smallest absolute Gasteiger partial charge is 0.339 e. The highest BCUT2D eigenvalue weighted by Crippen LogP contribution is 2.38. The lowest BCUT2D eigenvalue weighted by Crippen LogP contribution is -2.42. The number of aliphatic carboxylic acids is 1. The molecule has 0 saturated carbocycles. The Balaban J connectivity index is 1.24. The second-order valence-corrected chi connectivity index (χ2v) is 10.5. The Morgan fingerprint density at radius 2 is 1.79 bits per heavy atom. The molecule has 1 unspecified atom stereocenters. The predicted octanol–water partition coefficient (Wildman–Crippen LogP) is 5.26. The summed E-state index contributed by atoms with van der Waals surface area (Å²) >= 11 is 0. The van der Waals surface area contributed by atoms with Crippen molar-refractivity contribution in [3.05, 3.63) is 80.5 Å². The van der Waals surface area contributed by atoms with Gasteiger partial charge in [0.05, 0.1) is 0 Å². The number of aromatic amines is 1. The van der Waals surface area contributed by atoms with Gasteiger partial charge in [-0.05, 0) is 62.8 Å². The van der Waals surface area contributed by atoms with E-state index in [2.05, 4.69) is 16.4 Å². The zero-order valence-corrected chi connectivity index (χ0v) is 22.0. The molecule has 1 amide bonds. The van der Waals surface area contributed by atoms with Gasteiger partial charge in [-0.1, -0.05) is 18.2 Å². The summed E-state index contributed by atoms with van der Waals surface area (Å²) in [4.78, 5) is 40.9. The van der Waals surface area contributed by atoms with Crippen molar-refractivity contribution < 1.29 is 23.5 Å². The second-order valence-electron chi connectivity index (χ2n) is 10.5. The molecule has 0 radical (unpaired) electrons. The van der Waals surface area contributed by atoms with Crippen LogP contribution in [0.3, 0.4) is 0 Å². The van der Waals surface area contributed by atoms with E-state index < -0.39 is 23.5 Å². The lowest BCUT2D eigenvalue weighted by Gasteiger charge is -2.15. The highest BCUT2D eigenvalue weighted by atomic mass is 16.4. The first-order valence-corrected chi connectivity index (χ1v) is 13.4. The van der Waals surface area contributed by atoms with Crippen molar-refractivity contribution in [1.82, 2.24) is 10.3 Å². The first-order chi connectivity index (χ1) is 18.8. The number of carbonyl (C=O) groups excluding carboxylic acids is 1. The van der Waals surface area contributed by atoms with Gasteiger partial charge in [-0.3, -0.25) is 4.79 Å². The highest BCUT2D eigenvalue weighted by Gasteiger charge is 2.25. The van der Waals surface area contributed by atoms with E-state index in [1.165, 1.54) is 5.56 Å². The number of rotatable bonds is 7. The van der Waals surface area contributed by atoms with Gasteiger partial charge in [0, 0.05) is 63.8 Å². The summed E-state index contributed by atoms with van der Waals surface area (Å²) in [6.07, 6.45) is 6.15. The van der Waals surface area contributed by atoms with Crippen LogP contribution in [0, 0.1) is 13.8 Å². The molecule has 1 atom stereocenters. The molecular weight excluding hydrogens is 496 g/mol. The monoisotopic (exact) mass is 526 g/mol. The van der Waals surface area contributed by atoms with E-state index in [-0.39, 0.29) is 19.3 Å². The molecule has 6 rings (SSSR count). The minimum absolute atomic E-state index is 0.0306. The number of hydrogen-bond donors (Lipinski definition) is 3. The van der Waals surface area contributed by atoms with Crippen molar-refractivity contribution >= 4 is 44.7 Å². The van der Waals surface area contributed by atoms with Crippen LogP contribution in [0.25, 0.3) is 32.8 Å². The molecule has 39 heavy (non-hydrogen) atoms. The van der Waals surface area contributed by atoms with Crippen molar-refractivity contribution in [3.63, 3.8) is 0 Å². The van der Waals surface area contributed by atoms with Crippen molar-refractivity contribution in [1.29, 1.82) is 0 Å². The molecule has 3 aromatic heterocycles. The number of fused-ring (bicyclic) bond motifs is 5. The van der Waals surface area contributed by atoms with Gasteiger partial charge in [0.1, 0.15) is 23.0 Å². The number of aryl methyl sites for hydroxylation is 4. The maximum atomic E-state index is 13.0. The Labute approximate surface area is 224 Å². The van der Waals surface area contributed by atoms with Crippen LogP contribution in [0.15, 0.2) is 50.2 Å². The molecule has 0 bridgehead atoms. The number of nitrogens with one attached hydrogen (secondary N) is 2. The van der Waals surface area contributed by atoms with Crippen LogP contribution in [0.4, 0.5) is 0 Å². The summed E-state index contributed by atoms with van der Waals surface area (Å²) in [5.74, 6) is -0.526. The molecule has 8 nitrogen and oxygen atoms in total. The van der Waals surface area contributed by atoms with Gasteiger partial charge < -0.3 is 24.2 Å². The average molecular weight is 527 g/mol. The molecule has 1 aliphatic rings. The van der Waals surface area contributed by atoms with Crippen LogP contribution in [0.1, 0.15) is 52.8 Å². The number of carbonyl (C=O) groups is 2. The number of carboxylic acid groups (broad SMARTS) is 1. The van der Waals surface area contributed by atoms with E-state index >= 15 is 0 Å². The lowest BCUT2D eigenvalue weighted by molar-refractivity contribution is -0.141. The van der Waals surface area contributed by atoms with E-state index in [1.54, 1.807) is 6.20 Å². The fourth-order valence-electron chi connectivity index (χ4n) is 5.93. The predicted molar refractivity (Wildman–Crippen MR) is 148 cm³/mol. The summed E-state index contributed by atoms with van der Waals surface area (Å²) in [7, 11) is 0. The minimum atomic E-state index is -1.11. The number of aromatic nitrogens is 1. The van der Waals surface area contributed by atoms with Crippen LogP contribution in [0.5, 0.6) is 0 Å². The number of para-hydroxylation sites is 1. The van der Waals surface area contributed by atoms with Gasteiger partial charge >= 0.3 is 11.6 Å². The third-order valence-electron chi connectivity index (χ3n) is 8.06.